The molecule has 0 heterocycles. The third-order valence-electron chi connectivity index (χ3n) is 4.40. The Morgan fingerprint density at radius 1 is 1.24 bits per heavy atom. The first-order chi connectivity index (χ1) is 10.4. The largest absolute Gasteiger partial charge is 0.494 e. The Morgan fingerprint density at radius 3 is 2.67 bits per heavy atom. The molecule has 0 atom stereocenters. The van der Waals surface area contributed by atoms with Crippen LogP contribution in [0.1, 0.15) is 44.1 Å². The zero-order valence-corrected chi connectivity index (χ0v) is 12.6. The summed E-state index contributed by atoms with van der Waals surface area (Å²) in [5, 5.41) is 12.3. The molecule has 0 radical (unpaired) electrons. The van der Waals surface area contributed by atoms with Crippen molar-refractivity contribution in [3.63, 3.8) is 0 Å². The number of benzene rings is 1. The number of nitriles is 1. The van der Waals surface area contributed by atoms with Crippen LogP contribution in [0.4, 0.5) is 0 Å². The molecule has 0 spiro atoms. The summed E-state index contributed by atoms with van der Waals surface area (Å²) in [5.74, 6) is 2.78. The van der Waals surface area contributed by atoms with Crippen molar-refractivity contribution in [1.29, 1.82) is 5.26 Å². The number of nitrogens with one attached hydrogen (secondary N) is 1. The van der Waals surface area contributed by atoms with Crippen molar-refractivity contribution >= 4 is 0 Å². The lowest BCUT2D eigenvalue weighted by atomic mass is 10.1. The van der Waals surface area contributed by atoms with Gasteiger partial charge in [0, 0.05) is 19.0 Å². The quantitative estimate of drug-likeness (QED) is 0.704. The first kappa shape index (κ1) is 14.4. The molecular weight excluding hydrogens is 260 g/mol. The molecule has 0 unspecified atom stereocenters. The molecule has 1 N–H and O–H groups in total. The van der Waals surface area contributed by atoms with E-state index in [-0.39, 0.29) is 0 Å². The zero-order chi connectivity index (χ0) is 14.5. The van der Waals surface area contributed by atoms with E-state index in [0.29, 0.717) is 13.0 Å². The highest BCUT2D eigenvalue weighted by molar-refractivity contribution is 5.28. The number of hydrogen-bond donors (Lipinski definition) is 1. The molecule has 3 nitrogen and oxygen atoms in total. The molecule has 0 aliphatic heterocycles. The molecular formula is C18H24N2O. The van der Waals surface area contributed by atoms with Gasteiger partial charge in [-0.1, -0.05) is 12.1 Å². The Balaban J connectivity index is 1.47. The van der Waals surface area contributed by atoms with Crippen molar-refractivity contribution in [2.24, 2.45) is 11.8 Å². The molecule has 112 valence electrons. The highest BCUT2D eigenvalue weighted by atomic mass is 16.5. The van der Waals surface area contributed by atoms with Crippen molar-refractivity contribution < 1.29 is 4.74 Å². The Labute approximate surface area is 127 Å². The van der Waals surface area contributed by atoms with Crippen LogP contribution in [0.5, 0.6) is 5.75 Å². The number of unbranched alkanes of at least 4 members (excludes halogenated alkanes) is 1. The van der Waals surface area contributed by atoms with Crippen LogP contribution in [0.15, 0.2) is 24.3 Å². The second-order valence-corrected chi connectivity index (χ2v) is 6.34. The van der Waals surface area contributed by atoms with Crippen LogP contribution in [-0.4, -0.2) is 12.6 Å². The summed E-state index contributed by atoms with van der Waals surface area (Å²) in [5.41, 5.74) is 1.29. The van der Waals surface area contributed by atoms with Crippen molar-refractivity contribution in [3.05, 3.63) is 29.8 Å². The van der Waals surface area contributed by atoms with Gasteiger partial charge in [-0.05, 0) is 61.6 Å². The molecule has 0 aromatic heterocycles. The summed E-state index contributed by atoms with van der Waals surface area (Å²) in [6.07, 6.45) is 7.01. The van der Waals surface area contributed by atoms with Crippen LogP contribution in [-0.2, 0) is 6.54 Å². The zero-order valence-electron chi connectivity index (χ0n) is 12.6. The average molecular weight is 284 g/mol. The van der Waals surface area contributed by atoms with Gasteiger partial charge in [0.25, 0.3) is 0 Å². The molecule has 1 aromatic carbocycles. The smallest absolute Gasteiger partial charge is 0.119 e. The van der Waals surface area contributed by atoms with Gasteiger partial charge in [0.05, 0.1) is 12.7 Å². The first-order valence-corrected chi connectivity index (χ1v) is 8.19. The molecule has 0 amide bonds. The van der Waals surface area contributed by atoms with Gasteiger partial charge in [0.2, 0.25) is 0 Å². The lowest BCUT2D eigenvalue weighted by Gasteiger charge is -2.18. The fourth-order valence-corrected chi connectivity index (χ4v) is 2.95. The van der Waals surface area contributed by atoms with E-state index in [1.54, 1.807) is 0 Å². The van der Waals surface area contributed by atoms with Gasteiger partial charge in [-0.25, -0.2) is 0 Å². The lowest BCUT2D eigenvalue weighted by Crippen LogP contribution is -2.32. The lowest BCUT2D eigenvalue weighted by molar-refractivity contribution is 0.312. The highest BCUT2D eigenvalue weighted by Crippen LogP contribution is 2.44. The minimum atomic E-state index is 0.561. The maximum Gasteiger partial charge on any atom is 0.119 e. The molecule has 3 rings (SSSR count). The Hall–Kier alpha value is -1.53. The maximum atomic E-state index is 8.52. The summed E-state index contributed by atoms with van der Waals surface area (Å²) in [7, 11) is 0. The molecule has 2 fully saturated rings. The van der Waals surface area contributed by atoms with E-state index in [1.165, 1.54) is 31.2 Å². The van der Waals surface area contributed by atoms with E-state index in [2.05, 4.69) is 29.6 Å². The summed E-state index contributed by atoms with van der Waals surface area (Å²) in [4.78, 5) is 0. The van der Waals surface area contributed by atoms with E-state index in [9.17, 15) is 0 Å². The van der Waals surface area contributed by atoms with Crippen molar-refractivity contribution in [2.45, 2.75) is 51.1 Å². The maximum absolute atomic E-state index is 8.52. The monoisotopic (exact) mass is 284 g/mol. The second-order valence-electron chi connectivity index (χ2n) is 6.34. The third kappa shape index (κ3) is 4.47. The summed E-state index contributed by atoms with van der Waals surface area (Å²) in [6, 6.07) is 11.2. The molecule has 0 bridgehead atoms. The normalized spacial score (nSPS) is 17.7. The molecule has 1 aromatic rings. The number of ether oxygens (including phenoxy) is 1. The van der Waals surface area contributed by atoms with Crippen LogP contribution in [0.3, 0.4) is 0 Å². The van der Waals surface area contributed by atoms with Gasteiger partial charge in [0.1, 0.15) is 5.75 Å². The Bertz CT molecular complexity index is 488. The van der Waals surface area contributed by atoms with E-state index in [0.717, 1.165) is 36.6 Å². The Morgan fingerprint density at radius 2 is 2.00 bits per heavy atom. The standard InChI is InChI=1S/C18H24N2O/c19-10-1-2-11-21-17-5-3-4-14(12-17)13-20-18(15-6-7-15)16-8-9-16/h3-5,12,15-16,18,20H,1-2,6-9,11,13H2. The van der Waals surface area contributed by atoms with E-state index in [4.69, 9.17) is 10.00 Å². The number of nitrogens with zero attached hydrogens (tertiary/aromatic N) is 1. The summed E-state index contributed by atoms with van der Waals surface area (Å²) in [6.45, 7) is 1.56. The van der Waals surface area contributed by atoms with Crippen LogP contribution < -0.4 is 10.1 Å². The van der Waals surface area contributed by atoms with Crippen LogP contribution >= 0.6 is 0 Å². The minimum Gasteiger partial charge on any atom is -0.494 e. The van der Waals surface area contributed by atoms with Crippen molar-refractivity contribution in [2.75, 3.05) is 6.61 Å². The van der Waals surface area contributed by atoms with Gasteiger partial charge < -0.3 is 10.1 Å². The third-order valence-corrected chi connectivity index (χ3v) is 4.40. The topological polar surface area (TPSA) is 45.0 Å². The molecule has 2 aliphatic carbocycles. The predicted molar refractivity (Wildman–Crippen MR) is 82.9 cm³/mol. The Kier molecular flexibility index (Phi) is 4.77. The van der Waals surface area contributed by atoms with E-state index in [1.807, 2.05) is 6.07 Å². The van der Waals surface area contributed by atoms with Gasteiger partial charge in [0.15, 0.2) is 0 Å². The molecule has 2 aliphatic rings. The molecule has 21 heavy (non-hydrogen) atoms. The molecule has 0 saturated heterocycles. The molecule has 2 saturated carbocycles. The van der Waals surface area contributed by atoms with E-state index < -0.39 is 0 Å². The first-order valence-electron chi connectivity index (χ1n) is 8.19. The van der Waals surface area contributed by atoms with Crippen molar-refractivity contribution in [1.82, 2.24) is 5.32 Å². The average Bonchev–Trinajstić information content (AvgIpc) is 3.37. The predicted octanol–water partition coefficient (Wildman–Crippen LogP) is 3.65. The van der Waals surface area contributed by atoms with E-state index >= 15 is 0 Å². The van der Waals surface area contributed by atoms with Gasteiger partial charge in [-0.2, -0.15) is 5.26 Å². The minimum absolute atomic E-state index is 0.561. The second kappa shape index (κ2) is 6.95. The SMILES string of the molecule is N#CCCCOc1cccc(CNC(C2CC2)C2CC2)c1. The van der Waals surface area contributed by atoms with Crippen molar-refractivity contribution in [3.8, 4) is 11.8 Å². The summed E-state index contributed by atoms with van der Waals surface area (Å²) >= 11 is 0. The summed E-state index contributed by atoms with van der Waals surface area (Å²) < 4.78 is 5.70. The van der Waals surface area contributed by atoms with Crippen LogP contribution in [0, 0.1) is 23.2 Å². The van der Waals surface area contributed by atoms with Gasteiger partial charge in [-0.15, -0.1) is 0 Å². The fraction of sp³-hybridized carbons (Fsp3) is 0.611. The van der Waals surface area contributed by atoms with Crippen LogP contribution in [0.2, 0.25) is 0 Å². The van der Waals surface area contributed by atoms with Crippen LogP contribution in [0.25, 0.3) is 0 Å². The highest BCUT2D eigenvalue weighted by Gasteiger charge is 2.40. The number of rotatable bonds is 9. The fourth-order valence-electron chi connectivity index (χ4n) is 2.95. The van der Waals surface area contributed by atoms with Gasteiger partial charge >= 0.3 is 0 Å². The van der Waals surface area contributed by atoms with Gasteiger partial charge in [-0.3, -0.25) is 0 Å². The number of hydrogen-bond acceptors (Lipinski definition) is 3. The molecule has 3 heteroatoms.